The molecule has 0 saturated carbocycles. The smallest absolute Gasteiger partial charge is 0.144 e. The molecular weight excluding hydrogens is 281 g/mol. The second kappa shape index (κ2) is 6.02. The summed E-state index contributed by atoms with van der Waals surface area (Å²) < 4.78 is 35.3. The van der Waals surface area contributed by atoms with Crippen LogP contribution in [-0.4, -0.2) is 43.9 Å². The third-order valence-corrected chi connectivity index (χ3v) is 0.771. The number of rotatable bonds is 2. The van der Waals surface area contributed by atoms with E-state index < -0.39 is 20.1 Å². The van der Waals surface area contributed by atoms with E-state index in [0.717, 1.165) is 11.0 Å². The molecule has 0 aromatic carbocycles. The Morgan fingerprint density at radius 2 is 1.33 bits per heavy atom. The molecule has 0 aromatic rings. The van der Waals surface area contributed by atoms with Crippen molar-refractivity contribution in [1.82, 2.24) is 0 Å². The van der Waals surface area contributed by atoms with Crippen molar-refractivity contribution in [3.63, 3.8) is 0 Å². The molecule has 0 fully saturated rings. The van der Waals surface area contributed by atoms with Crippen LogP contribution in [0.1, 0.15) is 0 Å². The van der Waals surface area contributed by atoms with E-state index in [-0.39, 0.29) is 6.61 Å². The highest BCUT2D eigenvalue weighted by Gasteiger charge is 2.02. The number of quaternary nitrogens is 1. The molecule has 0 unspecified atom stereocenters. The molecule has 1 N–H and O–H groups in total. The minimum atomic E-state index is -5.94. The first-order valence-electron chi connectivity index (χ1n) is 3.09. The molecule has 0 heterocycles. The van der Waals surface area contributed by atoms with Crippen molar-refractivity contribution in [3.8, 4) is 0 Å². The van der Waals surface area contributed by atoms with Crippen molar-refractivity contribution in [2.75, 3.05) is 34.3 Å². The first-order chi connectivity index (χ1) is 5.06. The summed E-state index contributed by atoms with van der Waals surface area (Å²) in [6, 6.07) is 0. The Kier molecular flexibility index (Phi) is 7.52. The van der Waals surface area contributed by atoms with Gasteiger partial charge < -0.3 is 9.59 Å². The summed E-state index contributed by atoms with van der Waals surface area (Å²) in [4.78, 5) is 0. The average Bonchev–Trinajstić information content (AvgIpc) is 1.54. The van der Waals surface area contributed by atoms with Gasteiger partial charge in [-0.2, -0.15) is 0 Å². The fourth-order valence-corrected chi connectivity index (χ4v) is 0.300. The van der Waals surface area contributed by atoms with Crippen LogP contribution in [0.2, 0.25) is 0 Å². The lowest BCUT2D eigenvalue weighted by molar-refractivity contribution is -2.00. The quantitative estimate of drug-likeness (QED) is 0.401. The lowest BCUT2D eigenvalue weighted by Gasteiger charge is -2.21. The first kappa shape index (κ1) is 15.0. The average molecular weight is 295 g/mol. The van der Waals surface area contributed by atoms with E-state index in [0.29, 0.717) is 0 Å². The normalized spacial score (nSPS) is 12.0. The Morgan fingerprint density at radius 3 is 1.33 bits per heavy atom. The van der Waals surface area contributed by atoms with Gasteiger partial charge in [0, 0.05) is 0 Å². The van der Waals surface area contributed by atoms with Crippen LogP contribution in [0, 0.1) is 0 Å². The van der Waals surface area contributed by atoms with Crippen LogP contribution in [0.15, 0.2) is 0 Å². The van der Waals surface area contributed by atoms with E-state index in [2.05, 4.69) is 21.1 Å². The summed E-state index contributed by atoms with van der Waals surface area (Å²) in [5.41, 5.74) is 0. The van der Waals surface area contributed by atoms with Crippen LogP contribution in [0.5, 0.6) is 0 Å². The maximum atomic E-state index is 8.62. The highest BCUT2D eigenvalue weighted by atomic mass is 127. The fraction of sp³-hybridized carbons (Fsp3) is 1.00. The molecule has 0 spiro atoms. The number of likely N-dealkylation sites (N-methyl/N-ethyl adjacent to an activating group) is 1. The molecule has 6 nitrogen and oxygen atoms in total. The van der Waals surface area contributed by atoms with Gasteiger partial charge in [-0.25, -0.2) is 0 Å². The molecule has 0 amide bonds. The summed E-state index contributed by atoms with van der Waals surface area (Å²) >= 11 is -5.94. The Balaban J connectivity index is 0. The van der Waals surface area contributed by atoms with Gasteiger partial charge in [0.2, 0.25) is 0 Å². The molecule has 0 saturated heterocycles. The highest BCUT2D eigenvalue weighted by Crippen LogP contribution is 1.84. The van der Waals surface area contributed by atoms with Gasteiger partial charge in [0.15, 0.2) is 0 Å². The van der Waals surface area contributed by atoms with Crippen molar-refractivity contribution in [1.29, 1.82) is 0 Å². The second-order valence-electron chi connectivity index (χ2n) is 3.12. The van der Waals surface area contributed by atoms with E-state index in [1.807, 2.05) is 0 Å². The molecule has 76 valence electrons. The molecule has 0 bridgehead atoms. The Labute approximate surface area is 78.0 Å². The fourth-order valence-electron chi connectivity index (χ4n) is 0.300. The predicted octanol–water partition coefficient (Wildman–Crippen LogP) is -8.07. The summed E-state index contributed by atoms with van der Waals surface area (Å²) in [6.45, 7) is 1.11. The van der Waals surface area contributed by atoms with Crippen molar-refractivity contribution in [3.05, 3.63) is 0 Å². The van der Waals surface area contributed by atoms with Crippen LogP contribution in [-0.2, 0) is 0 Å². The van der Waals surface area contributed by atoms with E-state index in [1.165, 1.54) is 0 Å². The maximum absolute atomic E-state index is 8.62. The number of hydrogen-bond acceptors (Lipinski definition) is 5. The van der Waals surface area contributed by atoms with Crippen LogP contribution in [0.4, 0.5) is 0 Å². The third kappa shape index (κ3) is 46.9. The predicted molar refractivity (Wildman–Crippen MR) is 30.0 cm³/mol. The number of aliphatic hydroxyl groups excluding tert-OH is 1. The van der Waals surface area contributed by atoms with Crippen molar-refractivity contribution in [2.24, 2.45) is 0 Å². The largest absolute Gasteiger partial charge is 0.391 e. The number of halogens is 1. The zero-order valence-corrected chi connectivity index (χ0v) is 9.48. The monoisotopic (exact) mass is 295 g/mol. The van der Waals surface area contributed by atoms with E-state index >= 15 is 0 Å². The molecule has 0 aromatic heterocycles. The van der Waals surface area contributed by atoms with Gasteiger partial charge >= 0.3 is 0 Å². The van der Waals surface area contributed by atoms with Crippen LogP contribution < -0.4 is 33.8 Å². The molecule has 0 aliphatic carbocycles. The van der Waals surface area contributed by atoms with Crippen LogP contribution in [0.3, 0.4) is 0 Å². The number of nitrogens with zero attached hydrogens (tertiary/aromatic N) is 1. The molecule has 7 heteroatoms. The Bertz CT molecular complexity index is 101. The van der Waals surface area contributed by atoms with E-state index in [1.54, 1.807) is 0 Å². The van der Waals surface area contributed by atoms with Gasteiger partial charge in [-0.3, -0.25) is 13.7 Å². The minimum Gasteiger partial charge on any atom is -0.391 e. The molecule has 0 aliphatic rings. The van der Waals surface area contributed by atoms with E-state index in [4.69, 9.17) is 18.9 Å². The van der Waals surface area contributed by atoms with E-state index in [9.17, 15) is 0 Å². The standard InChI is InChI=1S/C5H14NO.IO4/c1-6(2,3)4-5-7;2-1(3,4)5/h7H,4-5H2,1-3H3;/q+1;-1. The summed E-state index contributed by atoms with van der Waals surface area (Å²) in [6.07, 6.45) is 0. The first-order valence-corrected chi connectivity index (χ1v) is 6.61. The van der Waals surface area contributed by atoms with Crippen molar-refractivity contribution >= 4 is 0 Å². The minimum absolute atomic E-state index is 0.281. The summed E-state index contributed by atoms with van der Waals surface area (Å²) in [7, 11) is 6.16. The molecule has 0 atom stereocenters. The topological polar surface area (TPSA) is 112 Å². The van der Waals surface area contributed by atoms with Crippen LogP contribution in [0.25, 0.3) is 0 Å². The maximum Gasteiger partial charge on any atom is 0.144 e. The number of aliphatic hydroxyl groups is 1. The van der Waals surface area contributed by atoms with Gasteiger partial charge in [0.1, 0.15) is 26.6 Å². The zero-order valence-electron chi connectivity index (χ0n) is 7.32. The molecule has 12 heavy (non-hydrogen) atoms. The van der Waals surface area contributed by atoms with Crippen molar-refractivity contribution < 1.29 is 43.4 Å². The summed E-state index contributed by atoms with van der Waals surface area (Å²) in [5, 5.41) is 8.39. The SMILES string of the molecule is C[N+](C)(C)CCO.[O-][I+3]([O-])([O-])[O-]. The van der Waals surface area contributed by atoms with Gasteiger partial charge in [0.05, 0.1) is 27.7 Å². The van der Waals surface area contributed by atoms with Gasteiger partial charge in [-0.1, -0.05) is 0 Å². The van der Waals surface area contributed by atoms with Gasteiger partial charge in [-0.15, -0.1) is 0 Å². The lowest BCUT2D eigenvalue weighted by atomic mass is 10.5. The van der Waals surface area contributed by atoms with Gasteiger partial charge in [-0.05, 0) is 0 Å². The molecule has 0 rings (SSSR count). The zero-order chi connectivity index (χ0) is 10.4. The molecular formula is C5H14INO5. The molecule has 0 radical (unpaired) electrons. The highest BCUT2D eigenvalue weighted by molar-refractivity contribution is 4.19. The Morgan fingerprint density at radius 1 is 1.08 bits per heavy atom. The summed E-state index contributed by atoms with van der Waals surface area (Å²) in [5.74, 6) is 0. The van der Waals surface area contributed by atoms with Crippen LogP contribution >= 0.6 is 0 Å². The molecule has 0 aliphatic heterocycles. The van der Waals surface area contributed by atoms with Crippen molar-refractivity contribution in [2.45, 2.75) is 0 Å². The number of hydrogen-bond donors (Lipinski definition) is 1. The second-order valence-corrected chi connectivity index (χ2v) is 5.27. The Hall–Kier alpha value is 0.490. The third-order valence-electron chi connectivity index (χ3n) is 0.771. The van der Waals surface area contributed by atoms with Gasteiger partial charge in [0.25, 0.3) is 0 Å². The lowest BCUT2D eigenvalue weighted by Crippen LogP contribution is -4.29.